The molecular formula is C8H15BF4N2O2. The lowest BCUT2D eigenvalue weighted by molar-refractivity contribution is -1.10. The summed E-state index contributed by atoms with van der Waals surface area (Å²) in [5.41, 5.74) is 0. The summed E-state index contributed by atoms with van der Waals surface area (Å²) in [5.74, 6) is -0.148. The van der Waals surface area contributed by atoms with E-state index in [4.69, 9.17) is 4.84 Å². The first-order chi connectivity index (χ1) is 7.70. The van der Waals surface area contributed by atoms with E-state index in [0.29, 0.717) is 4.65 Å². The highest BCUT2D eigenvalue weighted by atomic mass is 19.5. The lowest BCUT2D eigenvalue weighted by atomic mass is 10.2. The zero-order valence-corrected chi connectivity index (χ0v) is 9.54. The summed E-state index contributed by atoms with van der Waals surface area (Å²) in [4.78, 5) is 18.6. The molecule has 0 aliphatic carbocycles. The minimum Gasteiger partial charge on any atom is -0.418 e. The molecule has 3 heterocycles. The van der Waals surface area contributed by atoms with Gasteiger partial charge in [0.25, 0.3) is 0 Å². The molecule has 100 valence electrons. The quantitative estimate of drug-likeness (QED) is 0.398. The Kier molecular flexibility index (Phi) is 4.37. The molecule has 3 aliphatic rings. The van der Waals surface area contributed by atoms with E-state index in [9.17, 15) is 22.1 Å². The van der Waals surface area contributed by atoms with Crippen molar-refractivity contribution in [2.24, 2.45) is 0 Å². The van der Waals surface area contributed by atoms with E-state index in [1.165, 1.54) is 6.92 Å². The molecule has 0 aromatic carbocycles. The van der Waals surface area contributed by atoms with Gasteiger partial charge in [0.1, 0.15) is 19.6 Å². The van der Waals surface area contributed by atoms with Crippen molar-refractivity contribution in [3.05, 3.63) is 0 Å². The number of hydrogen-bond donors (Lipinski definition) is 0. The molecule has 9 heteroatoms. The Balaban J connectivity index is 0.000000249. The van der Waals surface area contributed by atoms with Gasteiger partial charge in [-0.2, -0.15) is 0 Å². The van der Waals surface area contributed by atoms with Gasteiger partial charge in [-0.15, -0.1) is 4.65 Å². The summed E-state index contributed by atoms with van der Waals surface area (Å²) in [5, 5.41) is 0. The number of piperazine rings is 3. The Hall–Kier alpha value is -0.825. The van der Waals surface area contributed by atoms with Crippen molar-refractivity contribution in [3.63, 3.8) is 0 Å². The van der Waals surface area contributed by atoms with Crippen molar-refractivity contribution in [3.8, 4) is 0 Å². The number of hydrogen-bond acceptors (Lipinski definition) is 3. The largest absolute Gasteiger partial charge is 0.673 e. The first kappa shape index (κ1) is 14.2. The van der Waals surface area contributed by atoms with Gasteiger partial charge in [-0.1, -0.05) is 0 Å². The first-order valence-corrected chi connectivity index (χ1v) is 5.36. The van der Waals surface area contributed by atoms with Crippen molar-refractivity contribution in [1.82, 2.24) is 4.90 Å². The normalized spacial score (nSPS) is 31.5. The van der Waals surface area contributed by atoms with Crippen LogP contribution < -0.4 is 0 Å². The molecule has 0 amide bonds. The van der Waals surface area contributed by atoms with Gasteiger partial charge in [0, 0.05) is 6.92 Å². The molecule has 3 saturated heterocycles. The summed E-state index contributed by atoms with van der Waals surface area (Å²) in [6.45, 7) is 7.64. The fourth-order valence-electron chi connectivity index (χ4n) is 2.05. The van der Waals surface area contributed by atoms with E-state index < -0.39 is 7.25 Å². The van der Waals surface area contributed by atoms with Crippen LogP contribution in [0.3, 0.4) is 0 Å². The van der Waals surface area contributed by atoms with Gasteiger partial charge in [0.05, 0.1) is 19.6 Å². The Bertz CT molecular complexity index is 259. The second-order valence-electron chi connectivity index (χ2n) is 4.15. The zero-order chi connectivity index (χ0) is 13.1. The predicted octanol–water partition coefficient (Wildman–Crippen LogP) is 0.910. The third kappa shape index (κ3) is 5.36. The number of quaternary nitrogens is 1. The second-order valence-corrected chi connectivity index (χ2v) is 4.15. The maximum Gasteiger partial charge on any atom is 0.673 e. The summed E-state index contributed by atoms with van der Waals surface area (Å²) in [6, 6.07) is 0. The molecule has 17 heavy (non-hydrogen) atoms. The number of fused-ring (bicyclic) bond motifs is 3. The third-order valence-electron chi connectivity index (χ3n) is 2.79. The average molecular weight is 258 g/mol. The van der Waals surface area contributed by atoms with Crippen LogP contribution in [0.2, 0.25) is 0 Å². The molecule has 0 N–H and O–H groups in total. The van der Waals surface area contributed by atoms with E-state index in [1.807, 2.05) is 0 Å². The molecule has 0 saturated carbocycles. The van der Waals surface area contributed by atoms with Gasteiger partial charge < -0.3 is 17.3 Å². The first-order valence-electron chi connectivity index (χ1n) is 5.36. The molecule has 4 nitrogen and oxygen atoms in total. The Morgan fingerprint density at radius 3 is 1.76 bits per heavy atom. The van der Waals surface area contributed by atoms with Crippen molar-refractivity contribution in [2.75, 3.05) is 39.3 Å². The topological polar surface area (TPSA) is 29.5 Å². The van der Waals surface area contributed by atoms with E-state index in [2.05, 4.69) is 4.90 Å². The zero-order valence-electron chi connectivity index (χ0n) is 9.54. The third-order valence-corrected chi connectivity index (χ3v) is 2.79. The highest BCUT2D eigenvalue weighted by Crippen LogP contribution is 2.19. The highest BCUT2D eigenvalue weighted by Gasteiger charge is 2.42. The molecule has 3 aliphatic heterocycles. The number of carbonyl (C=O) groups is 1. The van der Waals surface area contributed by atoms with Crippen LogP contribution >= 0.6 is 0 Å². The van der Waals surface area contributed by atoms with E-state index in [0.717, 1.165) is 39.3 Å². The lowest BCUT2D eigenvalue weighted by Crippen LogP contribution is -2.67. The number of carbonyl (C=O) groups excluding carboxylic acids is 1. The van der Waals surface area contributed by atoms with Crippen LogP contribution in [0.4, 0.5) is 17.3 Å². The molecule has 0 unspecified atom stereocenters. The fourth-order valence-corrected chi connectivity index (χ4v) is 2.05. The maximum absolute atomic E-state index is 10.8. The van der Waals surface area contributed by atoms with Crippen LogP contribution in [0.25, 0.3) is 0 Å². The summed E-state index contributed by atoms with van der Waals surface area (Å²) < 4.78 is 39.6. The Labute approximate surface area is 96.8 Å². The van der Waals surface area contributed by atoms with Gasteiger partial charge in [0.2, 0.25) is 0 Å². The van der Waals surface area contributed by atoms with Crippen LogP contribution in [-0.4, -0.2) is 62.0 Å². The van der Waals surface area contributed by atoms with Crippen molar-refractivity contribution in [2.45, 2.75) is 6.92 Å². The van der Waals surface area contributed by atoms with Crippen molar-refractivity contribution in [1.29, 1.82) is 0 Å². The van der Waals surface area contributed by atoms with E-state index in [-0.39, 0.29) is 5.97 Å². The van der Waals surface area contributed by atoms with Crippen LogP contribution in [0.5, 0.6) is 0 Å². The molecule has 3 rings (SSSR count). The standard InChI is InChI=1S/C8H15N2O2.BF4/c1-8(11)12-10-5-2-9(3-6-10)4-7-10;2-1(3,4)5/h2-7H2,1H3;/q+1;-1. The smallest absolute Gasteiger partial charge is 0.418 e. The highest BCUT2D eigenvalue weighted by molar-refractivity contribution is 6.50. The van der Waals surface area contributed by atoms with E-state index in [1.54, 1.807) is 0 Å². The summed E-state index contributed by atoms with van der Waals surface area (Å²) >= 11 is 0. The van der Waals surface area contributed by atoms with Crippen molar-refractivity contribution >= 4 is 13.2 Å². The number of halogens is 4. The second kappa shape index (κ2) is 5.22. The summed E-state index contributed by atoms with van der Waals surface area (Å²) in [7, 11) is -6.00. The minimum absolute atomic E-state index is 0.148. The minimum atomic E-state index is -6.00. The lowest BCUT2D eigenvalue weighted by Gasteiger charge is -2.46. The molecule has 0 atom stereocenters. The molecule has 0 spiro atoms. The molecular weight excluding hydrogens is 243 g/mol. The molecule has 0 aromatic rings. The molecule has 2 bridgehead atoms. The van der Waals surface area contributed by atoms with Gasteiger partial charge in [-0.25, -0.2) is 4.79 Å². The predicted molar refractivity (Wildman–Crippen MR) is 53.3 cm³/mol. The van der Waals surface area contributed by atoms with Crippen LogP contribution in [0.15, 0.2) is 0 Å². The SMILES string of the molecule is CC(=O)O[N+]12CCN(CC1)CC2.F[B-](F)(F)F. The fraction of sp³-hybridized carbons (Fsp3) is 0.875. The van der Waals surface area contributed by atoms with Crippen molar-refractivity contribution < 1.29 is 31.5 Å². The van der Waals surface area contributed by atoms with E-state index >= 15 is 0 Å². The number of nitrogens with zero attached hydrogens (tertiary/aromatic N) is 2. The molecule has 3 fully saturated rings. The maximum atomic E-state index is 10.8. The van der Waals surface area contributed by atoms with Crippen LogP contribution in [0.1, 0.15) is 6.92 Å². The van der Waals surface area contributed by atoms with Gasteiger partial charge >= 0.3 is 13.2 Å². The number of hydroxylamine groups is 3. The molecule has 0 aromatic heterocycles. The molecule has 0 radical (unpaired) electrons. The monoisotopic (exact) mass is 258 g/mol. The van der Waals surface area contributed by atoms with Crippen LogP contribution in [-0.2, 0) is 9.63 Å². The summed E-state index contributed by atoms with van der Waals surface area (Å²) in [6.07, 6.45) is 0. The van der Waals surface area contributed by atoms with Gasteiger partial charge in [-0.3, -0.25) is 9.74 Å². The van der Waals surface area contributed by atoms with Crippen LogP contribution in [0, 0.1) is 0 Å². The Morgan fingerprint density at radius 2 is 1.47 bits per heavy atom. The van der Waals surface area contributed by atoms with Gasteiger partial charge in [0.15, 0.2) is 0 Å². The average Bonchev–Trinajstić information content (AvgIpc) is 2.15. The Morgan fingerprint density at radius 1 is 1.12 bits per heavy atom. The number of rotatable bonds is 1. The van der Waals surface area contributed by atoms with Gasteiger partial charge in [-0.05, 0) is 0 Å².